The molecule has 4 bridgehead atoms. The summed E-state index contributed by atoms with van der Waals surface area (Å²) in [5.74, 6) is 0.553. The van der Waals surface area contributed by atoms with Crippen LogP contribution in [0.15, 0.2) is 36.7 Å². The van der Waals surface area contributed by atoms with Crippen molar-refractivity contribution in [2.24, 2.45) is 0 Å². The van der Waals surface area contributed by atoms with Crippen molar-refractivity contribution < 1.29 is 4.39 Å². The first-order valence-electron chi connectivity index (χ1n) is 10.3. The van der Waals surface area contributed by atoms with Gasteiger partial charge in [-0.2, -0.15) is 5.10 Å². The third-order valence-electron chi connectivity index (χ3n) is 6.09. The summed E-state index contributed by atoms with van der Waals surface area (Å²) in [6.07, 6.45) is 5.54. The van der Waals surface area contributed by atoms with Gasteiger partial charge in [0.15, 0.2) is 5.65 Å². The number of fused-ring (bicyclic) bond motifs is 5. The highest BCUT2D eigenvalue weighted by molar-refractivity contribution is 5.78. The van der Waals surface area contributed by atoms with Crippen molar-refractivity contribution in [1.29, 1.82) is 0 Å². The lowest BCUT2D eigenvalue weighted by molar-refractivity contribution is 0.0943. The molecule has 1 fully saturated rings. The standard InChI is InChI=1S/C22H27FN6/c1-22(2)14-28-10-8-24-20-7-9-29-21(27-20)18(13-26-29)17-11-15(4-6-19(17)23)3-5-16(28)12-25-22/h4,6-7,9,11,13,16,25H,3,5,8,10,12,14H2,1-2H3,(H,24,27). The SMILES string of the molecule is CC1(C)CN2CCNc3ccn4ncc(c4n3)-c3cc(ccc3F)CCC2CN1. The van der Waals surface area contributed by atoms with E-state index in [-0.39, 0.29) is 11.4 Å². The van der Waals surface area contributed by atoms with Gasteiger partial charge >= 0.3 is 0 Å². The van der Waals surface area contributed by atoms with Gasteiger partial charge in [-0.05, 0) is 50.5 Å². The van der Waals surface area contributed by atoms with Crippen molar-refractivity contribution >= 4 is 11.5 Å². The first kappa shape index (κ1) is 18.5. The van der Waals surface area contributed by atoms with E-state index in [1.54, 1.807) is 16.8 Å². The number of anilines is 1. The molecular weight excluding hydrogens is 367 g/mol. The maximum absolute atomic E-state index is 14.7. The predicted octanol–water partition coefficient (Wildman–Crippen LogP) is 2.95. The van der Waals surface area contributed by atoms with Crippen LogP contribution in [0, 0.1) is 5.82 Å². The summed E-state index contributed by atoms with van der Waals surface area (Å²) in [5, 5.41) is 11.5. The number of hydrogen-bond donors (Lipinski definition) is 2. The lowest BCUT2D eigenvalue weighted by Crippen LogP contribution is -2.62. The van der Waals surface area contributed by atoms with Crippen molar-refractivity contribution in [3.8, 4) is 11.1 Å². The number of rotatable bonds is 0. The lowest BCUT2D eigenvalue weighted by Gasteiger charge is -2.45. The van der Waals surface area contributed by atoms with Gasteiger partial charge in [0.05, 0.1) is 6.20 Å². The highest BCUT2D eigenvalue weighted by atomic mass is 19.1. The Morgan fingerprint density at radius 2 is 2.10 bits per heavy atom. The molecule has 1 unspecified atom stereocenters. The van der Waals surface area contributed by atoms with Gasteiger partial charge < -0.3 is 10.6 Å². The van der Waals surface area contributed by atoms with Crippen molar-refractivity contribution in [2.45, 2.75) is 38.3 Å². The van der Waals surface area contributed by atoms with Crippen LogP contribution in [0.2, 0.25) is 0 Å². The lowest BCUT2D eigenvalue weighted by atomic mass is 9.94. The third kappa shape index (κ3) is 3.60. The normalized spacial score (nSPS) is 22.1. The molecule has 0 amide bonds. The fourth-order valence-corrected chi connectivity index (χ4v) is 4.51. The molecule has 29 heavy (non-hydrogen) atoms. The van der Waals surface area contributed by atoms with Crippen molar-refractivity contribution in [3.05, 3.63) is 48.0 Å². The minimum atomic E-state index is -0.237. The second kappa shape index (κ2) is 7.07. The van der Waals surface area contributed by atoms with Crippen molar-refractivity contribution in [2.75, 3.05) is 31.5 Å². The number of aromatic nitrogens is 3. The van der Waals surface area contributed by atoms with Gasteiger partial charge in [0, 0.05) is 55.1 Å². The summed E-state index contributed by atoms with van der Waals surface area (Å²) < 4.78 is 16.4. The number of benzene rings is 1. The van der Waals surface area contributed by atoms with E-state index >= 15 is 0 Å². The molecule has 1 saturated heterocycles. The van der Waals surface area contributed by atoms with Gasteiger partial charge in [-0.25, -0.2) is 13.9 Å². The van der Waals surface area contributed by atoms with Crippen LogP contribution in [0.4, 0.5) is 10.2 Å². The third-order valence-corrected chi connectivity index (χ3v) is 6.09. The number of aryl methyl sites for hydroxylation is 1. The highest BCUT2D eigenvalue weighted by Gasteiger charge is 2.32. The van der Waals surface area contributed by atoms with Gasteiger partial charge in [0.2, 0.25) is 0 Å². The smallest absolute Gasteiger partial charge is 0.165 e. The Morgan fingerprint density at radius 1 is 1.21 bits per heavy atom. The second-order valence-corrected chi connectivity index (χ2v) is 8.81. The van der Waals surface area contributed by atoms with Crippen LogP contribution in [-0.2, 0) is 6.42 Å². The van der Waals surface area contributed by atoms with E-state index in [1.165, 1.54) is 0 Å². The summed E-state index contributed by atoms with van der Waals surface area (Å²) in [4.78, 5) is 7.29. The van der Waals surface area contributed by atoms with E-state index in [1.807, 2.05) is 24.4 Å². The molecule has 6 nitrogen and oxygen atoms in total. The predicted molar refractivity (Wildman–Crippen MR) is 113 cm³/mol. The number of halogens is 1. The highest BCUT2D eigenvalue weighted by Crippen LogP contribution is 2.29. The van der Waals surface area contributed by atoms with Crippen LogP contribution in [0.5, 0.6) is 0 Å². The topological polar surface area (TPSA) is 57.5 Å². The van der Waals surface area contributed by atoms with E-state index < -0.39 is 0 Å². The molecule has 7 heteroatoms. The summed E-state index contributed by atoms with van der Waals surface area (Å²) in [5.41, 5.74) is 3.22. The van der Waals surface area contributed by atoms with E-state index in [0.29, 0.717) is 17.3 Å². The summed E-state index contributed by atoms with van der Waals surface area (Å²) >= 11 is 0. The zero-order valence-corrected chi connectivity index (χ0v) is 17.0. The van der Waals surface area contributed by atoms with E-state index in [9.17, 15) is 4.39 Å². The Kier molecular flexibility index (Phi) is 4.52. The molecule has 0 saturated carbocycles. The minimum Gasteiger partial charge on any atom is -0.369 e. The molecule has 0 aliphatic carbocycles. The largest absolute Gasteiger partial charge is 0.369 e. The average Bonchev–Trinajstić information content (AvgIpc) is 3.10. The first-order valence-corrected chi connectivity index (χ1v) is 10.3. The fraction of sp³-hybridized carbons (Fsp3) is 0.455. The molecule has 2 N–H and O–H groups in total. The van der Waals surface area contributed by atoms with E-state index in [4.69, 9.17) is 4.98 Å². The maximum atomic E-state index is 14.7. The van der Waals surface area contributed by atoms with Crippen LogP contribution in [-0.4, -0.2) is 57.3 Å². The number of hydrogen-bond acceptors (Lipinski definition) is 5. The average molecular weight is 394 g/mol. The molecule has 2 aromatic heterocycles. The molecule has 1 atom stereocenters. The summed E-state index contributed by atoms with van der Waals surface area (Å²) in [7, 11) is 0. The fourth-order valence-electron chi connectivity index (χ4n) is 4.51. The Hall–Kier alpha value is -2.51. The van der Waals surface area contributed by atoms with E-state index in [2.05, 4.69) is 34.5 Å². The Bertz CT molecular complexity index is 1040. The number of nitrogens with zero attached hydrogens (tertiary/aromatic N) is 4. The Balaban J connectivity index is 1.56. The summed E-state index contributed by atoms with van der Waals surface area (Å²) in [6.45, 7) is 8.27. The molecule has 5 rings (SSSR count). The molecule has 2 aliphatic heterocycles. The first-order chi connectivity index (χ1) is 14.0. The summed E-state index contributed by atoms with van der Waals surface area (Å²) in [6, 6.07) is 7.82. The van der Waals surface area contributed by atoms with Gasteiger partial charge in [-0.15, -0.1) is 0 Å². The van der Waals surface area contributed by atoms with Gasteiger partial charge in [-0.3, -0.25) is 4.90 Å². The molecule has 0 radical (unpaired) electrons. The van der Waals surface area contributed by atoms with Crippen LogP contribution in [0.3, 0.4) is 0 Å². The Morgan fingerprint density at radius 3 is 3.00 bits per heavy atom. The second-order valence-electron chi connectivity index (χ2n) is 8.81. The molecular formula is C22H27FN6. The molecule has 4 heterocycles. The van der Waals surface area contributed by atoms with Gasteiger partial charge in [0.1, 0.15) is 11.6 Å². The maximum Gasteiger partial charge on any atom is 0.165 e. The van der Waals surface area contributed by atoms with Crippen LogP contribution < -0.4 is 10.6 Å². The van der Waals surface area contributed by atoms with Crippen LogP contribution in [0.1, 0.15) is 25.8 Å². The van der Waals surface area contributed by atoms with Gasteiger partial charge in [0.25, 0.3) is 0 Å². The molecule has 3 aromatic rings. The van der Waals surface area contributed by atoms with Crippen molar-refractivity contribution in [3.63, 3.8) is 0 Å². The van der Waals surface area contributed by atoms with Crippen LogP contribution >= 0.6 is 0 Å². The number of piperazine rings is 1. The molecule has 0 spiro atoms. The monoisotopic (exact) mass is 394 g/mol. The zero-order valence-electron chi connectivity index (χ0n) is 17.0. The van der Waals surface area contributed by atoms with Crippen LogP contribution in [0.25, 0.3) is 16.8 Å². The van der Waals surface area contributed by atoms with Crippen molar-refractivity contribution in [1.82, 2.24) is 24.8 Å². The molecule has 152 valence electrons. The zero-order chi connectivity index (χ0) is 20.0. The Labute approximate surface area is 170 Å². The minimum absolute atomic E-state index is 0.106. The number of nitrogens with one attached hydrogen (secondary N) is 2. The quantitative estimate of drug-likeness (QED) is 0.614. The molecule has 1 aromatic carbocycles. The van der Waals surface area contributed by atoms with Gasteiger partial charge in [-0.1, -0.05) is 6.07 Å². The molecule has 2 aliphatic rings. The van der Waals surface area contributed by atoms with E-state index in [0.717, 1.165) is 56.0 Å².